The number of Topliss-reactive ketones (excluding diaryl/α,β-unsaturated/α-hetero) is 1. The highest BCUT2D eigenvalue weighted by Crippen LogP contribution is 2.65. The number of piperidine rings is 1. The average Bonchev–Trinajstić information content (AvgIpc) is 3.01. The van der Waals surface area contributed by atoms with E-state index in [0.717, 1.165) is 56.6 Å². The quantitative estimate of drug-likeness (QED) is 0.426. The number of oxime groups is 1. The average molecular weight is 429 g/mol. The minimum atomic E-state index is -0.0206. The van der Waals surface area contributed by atoms with E-state index in [9.17, 15) is 4.79 Å². The van der Waals surface area contributed by atoms with Crippen LogP contribution in [0.1, 0.15) is 91.4 Å². The normalized spacial score (nSPS) is 47.0. The molecule has 0 aromatic heterocycles. The van der Waals surface area contributed by atoms with Crippen molar-refractivity contribution in [2.75, 3.05) is 26.2 Å². The van der Waals surface area contributed by atoms with Gasteiger partial charge in [-0.3, -0.25) is 9.69 Å². The summed E-state index contributed by atoms with van der Waals surface area (Å²) < 4.78 is 0. The minimum absolute atomic E-state index is 0.0206. The number of carbonyl (C=O) groups is 1. The Morgan fingerprint density at radius 3 is 2.68 bits per heavy atom. The van der Waals surface area contributed by atoms with E-state index < -0.39 is 0 Å². The molecule has 4 nitrogen and oxygen atoms in total. The molecule has 0 radical (unpaired) electrons. The van der Waals surface area contributed by atoms with Crippen LogP contribution in [-0.4, -0.2) is 42.6 Å². The first kappa shape index (κ1) is 21.9. The molecule has 1 saturated heterocycles. The number of likely N-dealkylation sites (tertiary alicyclic amines) is 1. The van der Waals surface area contributed by atoms with Gasteiger partial charge in [0.25, 0.3) is 0 Å². The largest absolute Gasteiger partial charge is 0.394 e. The highest BCUT2D eigenvalue weighted by Gasteiger charge is 2.61. The van der Waals surface area contributed by atoms with Crippen molar-refractivity contribution in [3.05, 3.63) is 0 Å². The van der Waals surface area contributed by atoms with Crippen molar-refractivity contribution in [2.45, 2.75) is 91.4 Å². The van der Waals surface area contributed by atoms with E-state index in [2.05, 4.69) is 30.8 Å². The zero-order chi connectivity index (χ0) is 21.6. The Hall–Kier alpha value is -0.900. The van der Waals surface area contributed by atoms with Gasteiger partial charge in [-0.1, -0.05) is 32.3 Å². The Morgan fingerprint density at radius 1 is 1.06 bits per heavy atom. The van der Waals surface area contributed by atoms with Crippen LogP contribution >= 0.6 is 0 Å². The topological polar surface area (TPSA) is 41.9 Å². The zero-order valence-electron chi connectivity index (χ0n) is 20.2. The molecule has 0 aromatic carbocycles. The van der Waals surface area contributed by atoms with Crippen molar-refractivity contribution in [1.29, 1.82) is 0 Å². The molecule has 0 amide bonds. The fraction of sp³-hybridized carbons (Fsp3) is 0.926. The monoisotopic (exact) mass is 428 g/mol. The highest BCUT2D eigenvalue weighted by atomic mass is 16.6. The standard InChI is InChI=1S/C27H44N2O2/c1-19-17-24-22-8-7-20-18-21(28-31-16-15-29-13-5-4-6-14-29)9-11-26(20,2)23(22)10-12-27(24,3)25(19)30/h19-20,22-24H,4-18H2,1-3H3/t19?,20?,22?,23?,24?,26-,27-/m0/s1. The first-order valence-electron chi connectivity index (χ1n) is 13.4. The van der Waals surface area contributed by atoms with Crippen LogP contribution in [0.15, 0.2) is 5.16 Å². The van der Waals surface area contributed by atoms with Gasteiger partial charge in [0.2, 0.25) is 0 Å². The molecule has 5 aliphatic rings. The molecule has 4 heteroatoms. The number of ketones is 1. The van der Waals surface area contributed by atoms with Gasteiger partial charge in [-0.25, -0.2) is 0 Å². The molecule has 174 valence electrons. The molecule has 31 heavy (non-hydrogen) atoms. The Balaban J connectivity index is 1.19. The van der Waals surface area contributed by atoms with Crippen LogP contribution in [0, 0.1) is 40.4 Å². The predicted octanol–water partition coefficient (Wildman–Crippen LogP) is 5.70. The molecule has 1 aliphatic heterocycles. The summed E-state index contributed by atoms with van der Waals surface area (Å²) in [7, 11) is 0. The fourth-order valence-electron chi connectivity index (χ4n) is 8.74. The summed E-state index contributed by atoms with van der Waals surface area (Å²) in [6, 6.07) is 0. The van der Waals surface area contributed by atoms with Crippen molar-refractivity contribution in [1.82, 2.24) is 4.90 Å². The van der Waals surface area contributed by atoms with E-state index >= 15 is 0 Å². The third-order valence-electron chi connectivity index (χ3n) is 10.6. The second-order valence-electron chi connectivity index (χ2n) is 12.2. The summed E-state index contributed by atoms with van der Waals surface area (Å²) in [5.41, 5.74) is 1.73. The molecule has 0 bridgehead atoms. The van der Waals surface area contributed by atoms with Crippen LogP contribution in [0.3, 0.4) is 0 Å². The van der Waals surface area contributed by atoms with Crippen LogP contribution in [0.5, 0.6) is 0 Å². The van der Waals surface area contributed by atoms with Crippen molar-refractivity contribution in [2.24, 2.45) is 45.6 Å². The van der Waals surface area contributed by atoms with Crippen LogP contribution in [0.2, 0.25) is 0 Å². The van der Waals surface area contributed by atoms with E-state index in [1.54, 1.807) is 0 Å². The summed E-state index contributed by atoms with van der Waals surface area (Å²) >= 11 is 0. The lowest BCUT2D eigenvalue weighted by atomic mass is 9.45. The van der Waals surface area contributed by atoms with E-state index in [1.807, 2.05) is 0 Å². The van der Waals surface area contributed by atoms with Crippen molar-refractivity contribution >= 4 is 11.5 Å². The van der Waals surface area contributed by atoms with Gasteiger partial charge >= 0.3 is 0 Å². The number of nitrogens with zero attached hydrogens (tertiary/aromatic N) is 2. The molecular formula is C27H44N2O2. The van der Waals surface area contributed by atoms with Crippen LogP contribution in [0.25, 0.3) is 0 Å². The third-order valence-corrected chi connectivity index (χ3v) is 10.6. The van der Waals surface area contributed by atoms with E-state index in [1.165, 1.54) is 63.7 Å². The molecule has 5 rings (SSSR count). The molecule has 0 N–H and O–H groups in total. The van der Waals surface area contributed by atoms with E-state index in [4.69, 9.17) is 4.84 Å². The number of fused-ring (bicyclic) bond motifs is 5. The minimum Gasteiger partial charge on any atom is -0.394 e. The molecule has 5 unspecified atom stereocenters. The number of rotatable bonds is 4. The Labute approximate surface area is 189 Å². The van der Waals surface area contributed by atoms with Crippen molar-refractivity contribution in [3.8, 4) is 0 Å². The lowest BCUT2D eigenvalue weighted by Crippen LogP contribution is -2.53. The smallest absolute Gasteiger partial charge is 0.141 e. The second-order valence-corrected chi connectivity index (χ2v) is 12.2. The van der Waals surface area contributed by atoms with Crippen LogP contribution < -0.4 is 0 Å². The molecule has 4 saturated carbocycles. The van der Waals surface area contributed by atoms with Gasteiger partial charge in [-0.2, -0.15) is 0 Å². The molecule has 1 heterocycles. The van der Waals surface area contributed by atoms with Gasteiger partial charge in [-0.15, -0.1) is 0 Å². The number of hydrogen-bond acceptors (Lipinski definition) is 4. The van der Waals surface area contributed by atoms with Gasteiger partial charge in [0, 0.05) is 17.9 Å². The molecule has 7 atom stereocenters. The molecular weight excluding hydrogens is 384 g/mol. The zero-order valence-corrected chi connectivity index (χ0v) is 20.2. The number of carbonyl (C=O) groups excluding carboxylic acids is 1. The lowest BCUT2D eigenvalue weighted by Gasteiger charge is -2.59. The molecule has 4 aliphatic carbocycles. The first-order chi connectivity index (χ1) is 14.9. The first-order valence-corrected chi connectivity index (χ1v) is 13.4. The van der Waals surface area contributed by atoms with Gasteiger partial charge in [0.1, 0.15) is 12.4 Å². The summed E-state index contributed by atoms with van der Waals surface area (Å²) in [5.74, 6) is 3.83. The Morgan fingerprint density at radius 2 is 1.87 bits per heavy atom. The SMILES string of the molecule is CC1CC2C3CCC4CC(=NOCCN5CCCCC5)CC[C@]4(C)C3CC[C@]2(C)C1=O. The van der Waals surface area contributed by atoms with Crippen molar-refractivity contribution < 1.29 is 9.63 Å². The van der Waals surface area contributed by atoms with Gasteiger partial charge < -0.3 is 4.84 Å². The Kier molecular flexibility index (Phi) is 5.99. The summed E-state index contributed by atoms with van der Waals surface area (Å²) in [6.07, 6.45) is 13.8. The third kappa shape index (κ3) is 3.79. The maximum Gasteiger partial charge on any atom is 0.141 e. The lowest BCUT2D eigenvalue weighted by molar-refractivity contribution is -0.138. The summed E-state index contributed by atoms with van der Waals surface area (Å²) in [6.45, 7) is 11.3. The molecule has 0 spiro atoms. The highest BCUT2D eigenvalue weighted by molar-refractivity contribution is 5.89. The predicted molar refractivity (Wildman–Crippen MR) is 125 cm³/mol. The molecule has 5 fully saturated rings. The van der Waals surface area contributed by atoms with E-state index in [-0.39, 0.29) is 11.3 Å². The maximum atomic E-state index is 12.9. The van der Waals surface area contributed by atoms with Crippen LogP contribution in [0.4, 0.5) is 0 Å². The summed E-state index contributed by atoms with van der Waals surface area (Å²) in [5, 5.41) is 4.62. The summed E-state index contributed by atoms with van der Waals surface area (Å²) in [4.78, 5) is 21.3. The van der Waals surface area contributed by atoms with E-state index in [0.29, 0.717) is 17.1 Å². The van der Waals surface area contributed by atoms with Gasteiger partial charge in [-0.05, 0) is 106 Å². The Bertz CT molecular complexity index is 714. The number of hydrogen-bond donors (Lipinski definition) is 0. The second kappa shape index (κ2) is 8.47. The van der Waals surface area contributed by atoms with Crippen molar-refractivity contribution in [3.63, 3.8) is 0 Å². The molecule has 0 aromatic rings. The van der Waals surface area contributed by atoms with Crippen LogP contribution in [-0.2, 0) is 9.63 Å². The van der Waals surface area contributed by atoms with Gasteiger partial charge in [0.15, 0.2) is 0 Å². The maximum absolute atomic E-state index is 12.9. The van der Waals surface area contributed by atoms with Gasteiger partial charge in [0.05, 0.1) is 5.71 Å². The fourth-order valence-corrected chi connectivity index (χ4v) is 8.74.